The number of rotatable bonds is 6. The lowest BCUT2D eigenvalue weighted by molar-refractivity contribution is -0.132. The molecule has 0 N–H and O–H groups in total. The van der Waals surface area contributed by atoms with Gasteiger partial charge in [0, 0.05) is 24.9 Å². The lowest BCUT2D eigenvalue weighted by Gasteiger charge is -2.28. The summed E-state index contributed by atoms with van der Waals surface area (Å²) in [5.74, 6) is 1.05. The maximum atomic E-state index is 13.1. The van der Waals surface area contributed by atoms with Crippen LogP contribution in [0.25, 0.3) is 0 Å². The van der Waals surface area contributed by atoms with Crippen molar-refractivity contribution in [1.82, 2.24) is 9.88 Å². The van der Waals surface area contributed by atoms with Crippen LogP contribution in [-0.2, 0) is 10.3 Å². The summed E-state index contributed by atoms with van der Waals surface area (Å²) >= 11 is 0. The van der Waals surface area contributed by atoms with Crippen LogP contribution >= 0.6 is 0 Å². The highest BCUT2D eigenvalue weighted by atomic mass is 16.2. The van der Waals surface area contributed by atoms with Gasteiger partial charge >= 0.3 is 0 Å². The SMILES string of the molecule is CCCCC1=NC(CC)(c2ccncc2)C(=O)N1C(C)C. The summed E-state index contributed by atoms with van der Waals surface area (Å²) in [6, 6.07) is 3.96. The standard InChI is InChI=1S/C17H25N3O/c1-5-7-8-15-19-17(6-2,14-9-11-18-12-10-14)16(21)20(15)13(3)4/h9-13H,5-8H2,1-4H3. The number of nitrogens with zero attached hydrogens (tertiary/aromatic N) is 3. The van der Waals surface area contributed by atoms with Crippen molar-refractivity contribution in [3.63, 3.8) is 0 Å². The Hall–Kier alpha value is -1.71. The normalized spacial score (nSPS) is 22.0. The number of aliphatic imine (C=N–C) groups is 1. The van der Waals surface area contributed by atoms with Crippen LogP contribution in [0, 0.1) is 0 Å². The third-order valence-corrected chi connectivity index (χ3v) is 4.11. The monoisotopic (exact) mass is 287 g/mol. The maximum Gasteiger partial charge on any atom is 0.260 e. The van der Waals surface area contributed by atoms with E-state index in [9.17, 15) is 4.79 Å². The number of amides is 1. The number of hydrogen-bond donors (Lipinski definition) is 0. The molecule has 1 aliphatic heterocycles. The van der Waals surface area contributed by atoms with Crippen LogP contribution in [0.3, 0.4) is 0 Å². The number of unbranched alkanes of at least 4 members (excludes halogenated alkanes) is 1. The van der Waals surface area contributed by atoms with Crippen LogP contribution in [-0.4, -0.2) is 27.7 Å². The lowest BCUT2D eigenvalue weighted by Crippen LogP contribution is -2.44. The van der Waals surface area contributed by atoms with Crippen LogP contribution < -0.4 is 0 Å². The number of pyridine rings is 1. The molecule has 1 aromatic rings. The molecule has 0 aromatic carbocycles. The predicted octanol–water partition coefficient (Wildman–Crippen LogP) is 3.53. The van der Waals surface area contributed by atoms with E-state index in [1.54, 1.807) is 12.4 Å². The number of carbonyl (C=O) groups is 1. The molecule has 0 saturated carbocycles. The van der Waals surface area contributed by atoms with Gasteiger partial charge in [-0.05, 0) is 44.4 Å². The van der Waals surface area contributed by atoms with Gasteiger partial charge in [0.15, 0.2) is 5.54 Å². The van der Waals surface area contributed by atoms with E-state index >= 15 is 0 Å². The summed E-state index contributed by atoms with van der Waals surface area (Å²) in [6.45, 7) is 8.30. The Bertz CT molecular complexity index is 524. The Morgan fingerprint density at radius 1 is 1.24 bits per heavy atom. The van der Waals surface area contributed by atoms with Crippen molar-refractivity contribution in [2.24, 2.45) is 4.99 Å². The minimum absolute atomic E-state index is 0.109. The van der Waals surface area contributed by atoms with Crippen LogP contribution in [0.15, 0.2) is 29.5 Å². The van der Waals surface area contributed by atoms with Crippen molar-refractivity contribution >= 4 is 11.7 Å². The third-order valence-electron chi connectivity index (χ3n) is 4.11. The second-order valence-corrected chi connectivity index (χ2v) is 5.85. The van der Waals surface area contributed by atoms with E-state index in [1.807, 2.05) is 24.0 Å². The number of amidine groups is 1. The lowest BCUT2D eigenvalue weighted by atomic mass is 9.88. The molecule has 2 rings (SSSR count). The number of carbonyl (C=O) groups excluding carboxylic acids is 1. The van der Waals surface area contributed by atoms with Gasteiger partial charge in [0.1, 0.15) is 5.84 Å². The Morgan fingerprint density at radius 3 is 2.43 bits per heavy atom. The van der Waals surface area contributed by atoms with Gasteiger partial charge in [-0.2, -0.15) is 0 Å². The predicted molar refractivity (Wildman–Crippen MR) is 85.1 cm³/mol. The van der Waals surface area contributed by atoms with Gasteiger partial charge in [-0.15, -0.1) is 0 Å². The highest BCUT2D eigenvalue weighted by Gasteiger charge is 2.48. The van der Waals surface area contributed by atoms with Crippen molar-refractivity contribution < 1.29 is 4.79 Å². The van der Waals surface area contributed by atoms with Crippen LogP contribution in [0.1, 0.15) is 58.9 Å². The Labute approximate surface area is 127 Å². The molecule has 0 saturated heterocycles. The van der Waals surface area contributed by atoms with E-state index < -0.39 is 5.54 Å². The van der Waals surface area contributed by atoms with Gasteiger partial charge in [-0.3, -0.25) is 19.7 Å². The molecular weight excluding hydrogens is 262 g/mol. The van der Waals surface area contributed by atoms with Crippen LogP contribution in [0.2, 0.25) is 0 Å². The summed E-state index contributed by atoms with van der Waals surface area (Å²) in [5.41, 5.74) is 0.193. The zero-order valence-electron chi connectivity index (χ0n) is 13.5. The molecule has 0 spiro atoms. The first-order valence-corrected chi connectivity index (χ1v) is 7.89. The summed E-state index contributed by atoms with van der Waals surface area (Å²) in [5, 5.41) is 0. The van der Waals surface area contributed by atoms with E-state index in [2.05, 4.69) is 25.8 Å². The van der Waals surface area contributed by atoms with Gasteiger partial charge in [0.05, 0.1) is 0 Å². The molecule has 114 valence electrons. The molecule has 2 heterocycles. The first kappa shape index (κ1) is 15.7. The van der Waals surface area contributed by atoms with Gasteiger partial charge in [0.2, 0.25) is 0 Å². The Morgan fingerprint density at radius 2 is 1.90 bits per heavy atom. The Balaban J connectivity index is 2.46. The molecule has 0 aliphatic carbocycles. The van der Waals surface area contributed by atoms with Crippen molar-refractivity contribution in [3.8, 4) is 0 Å². The average molecular weight is 287 g/mol. The van der Waals surface area contributed by atoms with E-state index in [4.69, 9.17) is 4.99 Å². The Kier molecular flexibility index (Phi) is 4.76. The largest absolute Gasteiger partial charge is 0.296 e. The minimum atomic E-state index is -0.754. The maximum absolute atomic E-state index is 13.1. The van der Waals surface area contributed by atoms with E-state index in [0.717, 1.165) is 30.7 Å². The molecule has 4 heteroatoms. The molecule has 0 bridgehead atoms. The molecule has 21 heavy (non-hydrogen) atoms. The molecule has 4 nitrogen and oxygen atoms in total. The number of hydrogen-bond acceptors (Lipinski definition) is 3. The zero-order valence-corrected chi connectivity index (χ0v) is 13.5. The summed E-state index contributed by atoms with van der Waals surface area (Å²) < 4.78 is 0. The van der Waals surface area contributed by atoms with Gasteiger partial charge in [-0.25, -0.2) is 0 Å². The highest BCUT2D eigenvalue weighted by molar-refractivity contribution is 6.08. The molecule has 1 unspecified atom stereocenters. The molecular formula is C17H25N3O. The molecule has 0 radical (unpaired) electrons. The summed E-state index contributed by atoms with van der Waals surface area (Å²) in [7, 11) is 0. The average Bonchev–Trinajstić information content (AvgIpc) is 2.79. The van der Waals surface area contributed by atoms with Crippen molar-refractivity contribution in [2.45, 2.75) is 65.0 Å². The fourth-order valence-electron chi connectivity index (χ4n) is 2.93. The van der Waals surface area contributed by atoms with E-state index in [0.29, 0.717) is 6.42 Å². The summed E-state index contributed by atoms with van der Waals surface area (Å²) in [6.07, 6.45) is 7.18. The van der Waals surface area contributed by atoms with Gasteiger partial charge < -0.3 is 0 Å². The van der Waals surface area contributed by atoms with E-state index in [-0.39, 0.29) is 11.9 Å². The molecule has 1 atom stereocenters. The smallest absolute Gasteiger partial charge is 0.260 e. The topological polar surface area (TPSA) is 45.6 Å². The van der Waals surface area contributed by atoms with Crippen molar-refractivity contribution in [2.75, 3.05) is 0 Å². The molecule has 1 aliphatic rings. The first-order valence-electron chi connectivity index (χ1n) is 7.89. The van der Waals surface area contributed by atoms with Crippen molar-refractivity contribution in [1.29, 1.82) is 0 Å². The van der Waals surface area contributed by atoms with Gasteiger partial charge in [-0.1, -0.05) is 20.3 Å². The minimum Gasteiger partial charge on any atom is -0.296 e. The van der Waals surface area contributed by atoms with Crippen LogP contribution in [0.4, 0.5) is 0 Å². The molecule has 1 amide bonds. The fourth-order valence-corrected chi connectivity index (χ4v) is 2.93. The van der Waals surface area contributed by atoms with Crippen molar-refractivity contribution in [3.05, 3.63) is 30.1 Å². The molecule has 0 fully saturated rings. The van der Waals surface area contributed by atoms with Crippen LogP contribution in [0.5, 0.6) is 0 Å². The zero-order chi connectivity index (χ0) is 15.5. The highest BCUT2D eigenvalue weighted by Crippen LogP contribution is 2.38. The first-order chi connectivity index (χ1) is 10.1. The van der Waals surface area contributed by atoms with E-state index in [1.165, 1.54) is 0 Å². The third kappa shape index (κ3) is 2.71. The fraction of sp³-hybridized carbons (Fsp3) is 0.588. The molecule has 1 aromatic heterocycles. The number of aromatic nitrogens is 1. The summed E-state index contributed by atoms with van der Waals surface area (Å²) in [4.78, 5) is 23.9. The second-order valence-electron chi connectivity index (χ2n) is 5.85. The quantitative estimate of drug-likeness (QED) is 0.803. The second kappa shape index (κ2) is 6.37. The van der Waals surface area contributed by atoms with Gasteiger partial charge in [0.25, 0.3) is 5.91 Å².